The maximum atomic E-state index is 11.3. The lowest BCUT2D eigenvalue weighted by molar-refractivity contribution is 0.475. The number of para-hydroxylation sites is 2. The molecule has 0 radical (unpaired) electrons. The maximum Gasteiger partial charge on any atom is 0.149 e. The molecule has 246 valence electrons. The number of fused-ring (bicyclic) bond motifs is 2. The fourth-order valence-electron chi connectivity index (χ4n) is 6.79. The van der Waals surface area contributed by atoms with Crippen LogP contribution in [0.3, 0.4) is 0 Å². The molecule has 5 aromatic carbocycles. The molecule has 2 aromatic heterocycles. The number of aromatic hydroxyl groups is 1. The first-order valence-corrected chi connectivity index (χ1v) is 17.4. The Balaban J connectivity index is 1.52. The molecule has 7 rings (SSSR count). The molecule has 2 heterocycles. The molecule has 0 aliphatic rings. The van der Waals surface area contributed by atoms with Gasteiger partial charge in [-0.1, -0.05) is 97.0 Å². The van der Waals surface area contributed by atoms with Gasteiger partial charge in [0.15, 0.2) is 0 Å². The molecule has 0 aliphatic heterocycles. The highest BCUT2D eigenvalue weighted by Crippen LogP contribution is 2.41. The van der Waals surface area contributed by atoms with Crippen LogP contribution in [0.4, 0.5) is 0 Å². The van der Waals surface area contributed by atoms with Gasteiger partial charge in [0.2, 0.25) is 0 Å². The summed E-state index contributed by atoms with van der Waals surface area (Å²) in [5.74, 6) is 1.64. The van der Waals surface area contributed by atoms with E-state index in [2.05, 4.69) is 133 Å². The summed E-state index contributed by atoms with van der Waals surface area (Å²) < 4.78 is 2.18. The molecule has 0 aliphatic carbocycles. The highest BCUT2D eigenvalue weighted by molar-refractivity contribution is 5.99. The number of benzene rings is 5. The number of imidazole rings is 1. The average Bonchev–Trinajstić information content (AvgIpc) is 3.47. The first-order chi connectivity index (χ1) is 23.4. The highest BCUT2D eigenvalue weighted by Gasteiger charge is 2.23. The minimum Gasteiger partial charge on any atom is -0.507 e. The standard InChI is InChI=1S/C45H45N3O/c1-27(2)30-21-32(23-33(22-30)38-25-31(28(3)4)24-37-29(5)19-20-46-42(37)38)36-15-12-16-40-43(36)47-44(48(40)35-13-10-9-11-14-35)39-26-34(45(6,7)8)17-18-41(39)49/h9-28,49H,1-8H3. The summed E-state index contributed by atoms with van der Waals surface area (Å²) in [5, 5.41) is 12.5. The summed E-state index contributed by atoms with van der Waals surface area (Å²) >= 11 is 0. The molecule has 0 spiro atoms. The first-order valence-electron chi connectivity index (χ1n) is 17.4. The Labute approximate surface area is 290 Å². The van der Waals surface area contributed by atoms with Crippen molar-refractivity contribution in [1.29, 1.82) is 0 Å². The van der Waals surface area contributed by atoms with Gasteiger partial charge in [0, 0.05) is 28.4 Å². The van der Waals surface area contributed by atoms with Crippen molar-refractivity contribution in [3.63, 3.8) is 0 Å². The Morgan fingerprint density at radius 1 is 0.653 bits per heavy atom. The van der Waals surface area contributed by atoms with Crippen molar-refractivity contribution in [2.75, 3.05) is 0 Å². The van der Waals surface area contributed by atoms with Crippen LogP contribution in [-0.2, 0) is 5.41 Å². The van der Waals surface area contributed by atoms with E-state index in [0.717, 1.165) is 50.1 Å². The van der Waals surface area contributed by atoms with Crippen LogP contribution in [0.2, 0.25) is 0 Å². The molecule has 0 atom stereocenters. The van der Waals surface area contributed by atoms with Crippen molar-refractivity contribution in [2.45, 2.75) is 72.6 Å². The average molecular weight is 644 g/mol. The minimum absolute atomic E-state index is 0.0880. The van der Waals surface area contributed by atoms with Gasteiger partial charge in [-0.25, -0.2) is 4.98 Å². The van der Waals surface area contributed by atoms with Crippen LogP contribution in [0.1, 0.15) is 82.6 Å². The van der Waals surface area contributed by atoms with Crippen molar-refractivity contribution in [2.24, 2.45) is 0 Å². The van der Waals surface area contributed by atoms with E-state index in [9.17, 15) is 5.11 Å². The van der Waals surface area contributed by atoms with E-state index in [4.69, 9.17) is 9.97 Å². The molecule has 1 N–H and O–H groups in total. The molecule has 7 aromatic rings. The summed E-state index contributed by atoms with van der Waals surface area (Å²) in [5.41, 5.74) is 13.9. The maximum absolute atomic E-state index is 11.3. The largest absolute Gasteiger partial charge is 0.507 e. The quantitative estimate of drug-likeness (QED) is 0.196. The molecule has 0 unspecified atom stereocenters. The van der Waals surface area contributed by atoms with Crippen molar-refractivity contribution in [3.8, 4) is 45.1 Å². The number of rotatable bonds is 6. The fourth-order valence-corrected chi connectivity index (χ4v) is 6.79. The van der Waals surface area contributed by atoms with Gasteiger partial charge >= 0.3 is 0 Å². The highest BCUT2D eigenvalue weighted by atomic mass is 16.3. The fraction of sp³-hybridized carbons (Fsp3) is 0.244. The Morgan fingerprint density at radius 2 is 1.35 bits per heavy atom. The second-order valence-electron chi connectivity index (χ2n) is 15.0. The van der Waals surface area contributed by atoms with Gasteiger partial charge < -0.3 is 5.11 Å². The molecule has 0 bridgehead atoms. The first kappa shape index (κ1) is 32.3. The van der Waals surface area contributed by atoms with Gasteiger partial charge in [0.25, 0.3) is 0 Å². The third kappa shape index (κ3) is 5.90. The number of aromatic nitrogens is 3. The molecule has 49 heavy (non-hydrogen) atoms. The van der Waals surface area contributed by atoms with Crippen LogP contribution in [0.5, 0.6) is 5.75 Å². The van der Waals surface area contributed by atoms with Crippen LogP contribution in [0.25, 0.3) is 61.3 Å². The number of nitrogens with zero attached hydrogens (tertiary/aromatic N) is 3. The molecular formula is C45H45N3O. The monoisotopic (exact) mass is 643 g/mol. The SMILES string of the molecule is Cc1ccnc2c(-c3cc(-c4cccc5c4nc(-c4cc(C(C)(C)C)ccc4O)n5-c4ccccc4)cc(C(C)C)c3)cc(C(C)C)cc12. The van der Waals surface area contributed by atoms with Crippen molar-refractivity contribution >= 4 is 21.9 Å². The smallest absolute Gasteiger partial charge is 0.149 e. The van der Waals surface area contributed by atoms with E-state index in [1.807, 2.05) is 30.5 Å². The van der Waals surface area contributed by atoms with Gasteiger partial charge in [-0.3, -0.25) is 9.55 Å². The number of phenols is 1. The molecule has 4 nitrogen and oxygen atoms in total. The molecule has 0 saturated carbocycles. The number of hydrogen-bond donors (Lipinski definition) is 1. The molecule has 0 fully saturated rings. The topological polar surface area (TPSA) is 50.9 Å². The van der Waals surface area contributed by atoms with E-state index < -0.39 is 0 Å². The van der Waals surface area contributed by atoms with Gasteiger partial charge in [-0.2, -0.15) is 0 Å². The number of hydrogen-bond acceptors (Lipinski definition) is 3. The van der Waals surface area contributed by atoms with Gasteiger partial charge in [0.1, 0.15) is 11.6 Å². The Morgan fingerprint density at radius 3 is 2.04 bits per heavy atom. The Hall–Kier alpha value is -5.22. The summed E-state index contributed by atoms with van der Waals surface area (Å²) in [4.78, 5) is 10.3. The lowest BCUT2D eigenvalue weighted by Gasteiger charge is -2.20. The normalized spacial score (nSPS) is 12.1. The second kappa shape index (κ2) is 12.3. The predicted molar refractivity (Wildman–Crippen MR) is 206 cm³/mol. The zero-order chi connectivity index (χ0) is 34.6. The third-order valence-electron chi connectivity index (χ3n) is 9.80. The molecular weight excluding hydrogens is 599 g/mol. The summed E-state index contributed by atoms with van der Waals surface area (Å²) in [6.07, 6.45) is 1.92. The number of pyridine rings is 1. The summed E-state index contributed by atoms with van der Waals surface area (Å²) in [6.45, 7) is 17.8. The molecule has 4 heteroatoms. The lowest BCUT2D eigenvalue weighted by atomic mass is 9.86. The van der Waals surface area contributed by atoms with Crippen LogP contribution in [-0.4, -0.2) is 19.6 Å². The van der Waals surface area contributed by atoms with Gasteiger partial charge in [0.05, 0.1) is 22.1 Å². The van der Waals surface area contributed by atoms with E-state index in [1.165, 1.54) is 22.1 Å². The zero-order valence-electron chi connectivity index (χ0n) is 29.8. The van der Waals surface area contributed by atoms with Crippen molar-refractivity contribution in [1.82, 2.24) is 14.5 Å². The van der Waals surface area contributed by atoms with Crippen molar-refractivity contribution < 1.29 is 5.11 Å². The zero-order valence-corrected chi connectivity index (χ0v) is 29.8. The van der Waals surface area contributed by atoms with Crippen LogP contribution in [0.15, 0.2) is 109 Å². The predicted octanol–water partition coefficient (Wildman–Crippen LogP) is 12.1. The minimum atomic E-state index is -0.0880. The molecule has 0 saturated heterocycles. The lowest BCUT2D eigenvalue weighted by Crippen LogP contribution is -2.11. The van der Waals surface area contributed by atoms with Crippen LogP contribution >= 0.6 is 0 Å². The van der Waals surface area contributed by atoms with Crippen molar-refractivity contribution in [3.05, 3.63) is 132 Å². The van der Waals surface area contributed by atoms with Gasteiger partial charge in [-0.15, -0.1) is 0 Å². The van der Waals surface area contributed by atoms with Crippen LogP contribution < -0.4 is 0 Å². The summed E-state index contributed by atoms with van der Waals surface area (Å²) in [6, 6.07) is 36.3. The van der Waals surface area contributed by atoms with Gasteiger partial charge in [-0.05, 0) is 112 Å². The number of phenolic OH excluding ortho intramolecular Hbond substituents is 1. The Bertz CT molecular complexity index is 2340. The van der Waals surface area contributed by atoms with E-state index in [0.29, 0.717) is 23.2 Å². The van der Waals surface area contributed by atoms with E-state index in [-0.39, 0.29) is 11.2 Å². The third-order valence-corrected chi connectivity index (χ3v) is 9.80. The Kier molecular flexibility index (Phi) is 8.15. The number of aryl methyl sites for hydroxylation is 1. The van der Waals surface area contributed by atoms with E-state index >= 15 is 0 Å². The summed E-state index contributed by atoms with van der Waals surface area (Å²) in [7, 11) is 0. The van der Waals surface area contributed by atoms with Crippen LogP contribution in [0, 0.1) is 6.92 Å². The van der Waals surface area contributed by atoms with E-state index in [1.54, 1.807) is 6.07 Å². The second-order valence-corrected chi connectivity index (χ2v) is 15.0. The molecule has 0 amide bonds.